The number of benzene rings is 1. The molecule has 138 valence electrons. The van der Waals surface area contributed by atoms with Gasteiger partial charge in [0.05, 0.1) is 5.56 Å². The minimum absolute atomic E-state index is 0.130. The van der Waals surface area contributed by atoms with Crippen LogP contribution in [-0.2, 0) is 13.0 Å². The number of hydrogen-bond donors (Lipinski definition) is 1. The molecule has 0 aliphatic carbocycles. The van der Waals surface area contributed by atoms with E-state index in [-0.39, 0.29) is 11.7 Å². The molecule has 4 aromatic rings. The molecular formula is C21H16FN5O. The molecule has 1 aromatic carbocycles. The van der Waals surface area contributed by atoms with Crippen LogP contribution in [0.5, 0.6) is 0 Å². The van der Waals surface area contributed by atoms with Crippen molar-refractivity contribution in [1.29, 1.82) is 0 Å². The van der Waals surface area contributed by atoms with E-state index in [1.54, 1.807) is 35.8 Å². The number of carbonyl (C=O) groups is 1. The summed E-state index contributed by atoms with van der Waals surface area (Å²) in [7, 11) is 0. The van der Waals surface area contributed by atoms with E-state index < -0.39 is 0 Å². The van der Waals surface area contributed by atoms with Crippen molar-refractivity contribution in [3.63, 3.8) is 0 Å². The average Bonchev–Trinajstić information content (AvgIpc) is 3.11. The Bertz CT molecular complexity index is 1170. The minimum Gasteiger partial charge on any atom is -0.358 e. The van der Waals surface area contributed by atoms with Gasteiger partial charge in [0, 0.05) is 72.0 Å². The summed E-state index contributed by atoms with van der Waals surface area (Å²) in [4.78, 5) is 30.7. The molecular weight excluding hydrogens is 357 g/mol. The highest BCUT2D eigenvalue weighted by molar-refractivity contribution is 5.94. The molecule has 0 bridgehead atoms. The zero-order chi connectivity index (χ0) is 19.1. The van der Waals surface area contributed by atoms with Gasteiger partial charge < -0.3 is 9.88 Å². The summed E-state index contributed by atoms with van der Waals surface area (Å²) in [5.74, 6) is 0.115. The standard InChI is InChI=1S/C21H16FN5O/c22-15-3-4-18-16(8-15)17-12-27(7-5-19(17)26-18)21(28)14-10-24-20(25-11-14)13-2-1-6-23-9-13/h1-4,6,8-11,26H,5,7,12H2. The van der Waals surface area contributed by atoms with Crippen molar-refractivity contribution in [3.05, 3.63) is 77.8 Å². The van der Waals surface area contributed by atoms with Crippen LogP contribution in [0.2, 0.25) is 0 Å². The third kappa shape index (κ3) is 2.81. The van der Waals surface area contributed by atoms with Gasteiger partial charge in [-0.05, 0) is 30.3 Å². The Morgan fingerprint density at radius 3 is 2.79 bits per heavy atom. The maximum Gasteiger partial charge on any atom is 0.257 e. The molecule has 1 amide bonds. The van der Waals surface area contributed by atoms with Crippen LogP contribution in [0.1, 0.15) is 21.6 Å². The van der Waals surface area contributed by atoms with E-state index in [1.165, 1.54) is 12.1 Å². The molecule has 0 unspecified atom stereocenters. The minimum atomic E-state index is -0.280. The Balaban J connectivity index is 1.41. The number of halogens is 1. The van der Waals surface area contributed by atoms with Crippen molar-refractivity contribution < 1.29 is 9.18 Å². The maximum absolute atomic E-state index is 13.7. The number of hydrogen-bond acceptors (Lipinski definition) is 4. The second kappa shape index (κ2) is 6.53. The van der Waals surface area contributed by atoms with Crippen LogP contribution in [0.3, 0.4) is 0 Å². The molecule has 0 radical (unpaired) electrons. The van der Waals surface area contributed by atoms with E-state index in [2.05, 4.69) is 19.9 Å². The Hall–Kier alpha value is -3.61. The van der Waals surface area contributed by atoms with Crippen LogP contribution in [0.25, 0.3) is 22.3 Å². The van der Waals surface area contributed by atoms with Gasteiger partial charge in [-0.2, -0.15) is 0 Å². The van der Waals surface area contributed by atoms with Crippen molar-refractivity contribution in [1.82, 2.24) is 24.8 Å². The zero-order valence-corrected chi connectivity index (χ0v) is 14.9. The average molecular weight is 373 g/mol. The number of aromatic amines is 1. The van der Waals surface area contributed by atoms with Crippen molar-refractivity contribution >= 4 is 16.8 Å². The Morgan fingerprint density at radius 2 is 2.00 bits per heavy atom. The van der Waals surface area contributed by atoms with Crippen LogP contribution in [-0.4, -0.2) is 37.3 Å². The summed E-state index contributed by atoms with van der Waals surface area (Å²) in [5.41, 5.74) is 4.16. The lowest BCUT2D eigenvalue weighted by atomic mass is 10.0. The predicted molar refractivity (Wildman–Crippen MR) is 102 cm³/mol. The molecule has 1 N–H and O–H groups in total. The molecule has 4 heterocycles. The lowest BCUT2D eigenvalue weighted by molar-refractivity contribution is 0.0734. The third-order valence-electron chi connectivity index (χ3n) is 5.04. The van der Waals surface area contributed by atoms with E-state index >= 15 is 0 Å². The summed E-state index contributed by atoms with van der Waals surface area (Å²) >= 11 is 0. The third-order valence-corrected chi connectivity index (χ3v) is 5.04. The topological polar surface area (TPSA) is 74.8 Å². The summed E-state index contributed by atoms with van der Waals surface area (Å²) in [5, 5.41) is 0.829. The first kappa shape index (κ1) is 16.6. The molecule has 0 saturated heterocycles. The van der Waals surface area contributed by atoms with E-state index in [1.807, 2.05) is 12.1 Å². The van der Waals surface area contributed by atoms with Crippen LogP contribution < -0.4 is 0 Å². The summed E-state index contributed by atoms with van der Waals surface area (Å²) in [6, 6.07) is 8.37. The first-order valence-corrected chi connectivity index (χ1v) is 9.00. The molecule has 1 aliphatic rings. The molecule has 6 nitrogen and oxygen atoms in total. The molecule has 0 saturated carbocycles. The van der Waals surface area contributed by atoms with Gasteiger partial charge in [0.1, 0.15) is 5.82 Å². The molecule has 3 aromatic heterocycles. The lowest BCUT2D eigenvalue weighted by Gasteiger charge is -2.27. The number of nitrogens with one attached hydrogen (secondary N) is 1. The molecule has 5 rings (SSSR count). The first-order valence-electron chi connectivity index (χ1n) is 9.00. The normalized spacial score (nSPS) is 13.5. The van der Waals surface area contributed by atoms with Gasteiger partial charge in [-0.15, -0.1) is 0 Å². The highest BCUT2D eigenvalue weighted by Gasteiger charge is 2.25. The number of rotatable bonds is 2. The SMILES string of the molecule is O=C(c1cnc(-c2cccnc2)nc1)N1CCc2[nH]c3ccc(F)cc3c2C1. The Labute approximate surface area is 160 Å². The van der Waals surface area contributed by atoms with Crippen molar-refractivity contribution in [3.8, 4) is 11.4 Å². The van der Waals surface area contributed by atoms with Crippen molar-refractivity contribution in [2.75, 3.05) is 6.54 Å². The first-order chi connectivity index (χ1) is 13.7. The molecule has 28 heavy (non-hydrogen) atoms. The smallest absolute Gasteiger partial charge is 0.257 e. The Kier molecular flexibility index (Phi) is 3.86. The van der Waals surface area contributed by atoms with Gasteiger partial charge in [0.15, 0.2) is 5.82 Å². The second-order valence-corrected chi connectivity index (χ2v) is 6.79. The van der Waals surface area contributed by atoms with E-state index in [9.17, 15) is 9.18 Å². The van der Waals surface area contributed by atoms with E-state index in [0.717, 1.165) is 27.7 Å². The number of fused-ring (bicyclic) bond motifs is 3. The Morgan fingerprint density at radius 1 is 1.14 bits per heavy atom. The molecule has 0 atom stereocenters. The van der Waals surface area contributed by atoms with Crippen LogP contribution in [0, 0.1) is 5.82 Å². The van der Waals surface area contributed by atoms with Gasteiger partial charge in [0.2, 0.25) is 0 Å². The van der Waals surface area contributed by atoms with Gasteiger partial charge >= 0.3 is 0 Å². The molecule has 7 heteroatoms. The number of pyridine rings is 1. The lowest BCUT2D eigenvalue weighted by Crippen LogP contribution is -2.35. The van der Waals surface area contributed by atoms with Gasteiger partial charge in [-0.25, -0.2) is 14.4 Å². The number of aromatic nitrogens is 4. The van der Waals surface area contributed by atoms with E-state index in [0.29, 0.717) is 30.9 Å². The summed E-state index contributed by atoms with van der Waals surface area (Å²) in [6.07, 6.45) is 7.15. The van der Waals surface area contributed by atoms with Crippen LogP contribution >= 0.6 is 0 Å². The monoisotopic (exact) mass is 373 g/mol. The fourth-order valence-corrected chi connectivity index (χ4v) is 3.62. The van der Waals surface area contributed by atoms with Crippen molar-refractivity contribution in [2.24, 2.45) is 0 Å². The van der Waals surface area contributed by atoms with Gasteiger partial charge in [-0.1, -0.05) is 0 Å². The van der Waals surface area contributed by atoms with Crippen molar-refractivity contribution in [2.45, 2.75) is 13.0 Å². The quantitative estimate of drug-likeness (QED) is 0.585. The molecule has 0 fully saturated rings. The predicted octanol–water partition coefficient (Wildman–Crippen LogP) is 3.36. The fraction of sp³-hybridized carbons (Fsp3) is 0.143. The molecule has 1 aliphatic heterocycles. The number of nitrogens with zero attached hydrogens (tertiary/aromatic N) is 4. The van der Waals surface area contributed by atoms with Crippen LogP contribution in [0.15, 0.2) is 55.1 Å². The van der Waals surface area contributed by atoms with E-state index in [4.69, 9.17) is 0 Å². The zero-order valence-electron chi connectivity index (χ0n) is 14.9. The maximum atomic E-state index is 13.7. The number of carbonyl (C=O) groups excluding carboxylic acids is 1. The number of amides is 1. The highest BCUT2D eigenvalue weighted by atomic mass is 19.1. The highest BCUT2D eigenvalue weighted by Crippen LogP contribution is 2.29. The summed E-state index contributed by atoms with van der Waals surface area (Å²) < 4.78 is 13.7. The van der Waals surface area contributed by atoms with Gasteiger partial charge in [0.25, 0.3) is 5.91 Å². The second-order valence-electron chi connectivity index (χ2n) is 6.79. The fourth-order valence-electron chi connectivity index (χ4n) is 3.62. The largest absolute Gasteiger partial charge is 0.358 e. The summed E-state index contributed by atoms with van der Waals surface area (Å²) in [6.45, 7) is 1.02. The number of H-pyrrole nitrogens is 1. The van der Waals surface area contributed by atoms with Crippen LogP contribution in [0.4, 0.5) is 4.39 Å². The molecule has 0 spiro atoms. The van der Waals surface area contributed by atoms with Gasteiger partial charge in [-0.3, -0.25) is 9.78 Å².